The molecule has 0 fully saturated rings. The van der Waals surface area contributed by atoms with E-state index in [9.17, 15) is 10.1 Å². The molecular weight excluding hydrogens is 388 g/mol. The van der Waals surface area contributed by atoms with Crippen molar-refractivity contribution in [1.82, 2.24) is 9.55 Å². The third-order valence-corrected chi connectivity index (χ3v) is 7.29. The number of carbonyl (C=O) groups is 1. The summed E-state index contributed by atoms with van der Waals surface area (Å²) in [7, 11) is 0. The minimum atomic E-state index is -0.0946. The highest BCUT2D eigenvalue weighted by atomic mass is 32.2. The van der Waals surface area contributed by atoms with Crippen LogP contribution < -0.4 is 5.32 Å². The molecule has 1 N–H and O–H groups in total. The Labute approximate surface area is 172 Å². The molecule has 1 atom stereocenters. The molecule has 1 unspecified atom stereocenters. The number of rotatable bonds is 5. The molecule has 5 nitrogen and oxygen atoms in total. The molecular formula is C21H22N4OS2. The van der Waals surface area contributed by atoms with Crippen LogP contribution in [0.1, 0.15) is 36.3 Å². The smallest absolute Gasteiger partial charge is 0.235 e. The summed E-state index contributed by atoms with van der Waals surface area (Å²) in [5.74, 6) is 0.814. The maximum atomic E-state index is 12.6. The van der Waals surface area contributed by atoms with E-state index in [1.165, 1.54) is 16.6 Å². The summed E-state index contributed by atoms with van der Waals surface area (Å²) >= 11 is 3.00. The molecule has 0 saturated carbocycles. The number of thioether (sulfide) groups is 1. The lowest BCUT2D eigenvalue weighted by Crippen LogP contribution is -2.14. The fourth-order valence-corrected chi connectivity index (χ4v) is 5.98. The van der Waals surface area contributed by atoms with Gasteiger partial charge >= 0.3 is 0 Å². The van der Waals surface area contributed by atoms with Crippen molar-refractivity contribution < 1.29 is 4.79 Å². The van der Waals surface area contributed by atoms with Crippen molar-refractivity contribution in [3.63, 3.8) is 0 Å². The molecule has 1 amide bonds. The van der Waals surface area contributed by atoms with Crippen molar-refractivity contribution >= 4 is 45.0 Å². The highest BCUT2D eigenvalue weighted by Crippen LogP contribution is 2.39. The van der Waals surface area contributed by atoms with E-state index in [2.05, 4.69) is 34.8 Å². The molecule has 144 valence electrons. The Morgan fingerprint density at radius 2 is 2.29 bits per heavy atom. The summed E-state index contributed by atoms with van der Waals surface area (Å²) in [6, 6.07) is 10.3. The van der Waals surface area contributed by atoms with Crippen molar-refractivity contribution in [2.24, 2.45) is 5.92 Å². The number of benzene rings is 1. The largest absolute Gasteiger partial charge is 0.319 e. The topological polar surface area (TPSA) is 70.7 Å². The number of hydrogen-bond acceptors (Lipinski definition) is 5. The second-order valence-corrected chi connectivity index (χ2v) is 9.18. The van der Waals surface area contributed by atoms with Gasteiger partial charge < -0.3 is 9.88 Å². The van der Waals surface area contributed by atoms with E-state index in [0.717, 1.165) is 47.6 Å². The van der Waals surface area contributed by atoms with Crippen LogP contribution >= 0.6 is 23.1 Å². The van der Waals surface area contributed by atoms with E-state index in [4.69, 9.17) is 0 Å². The van der Waals surface area contributed by atoms with E-state index in [-0.39, 0.29) is 11.7 Å². The number of nitrogens with zero attached hydrogens (tertiary/aromatic N) is 3. The first kappa shape index (κ1) is 19.0. The molecule has 0 saturated heterocycles. The zero-order valence-corrected chi connectivity index (χ0v) is 17.6. The van der Waals surface area contributed by atoms with Crippen LogP contribution in [0.4, 0.5) is 5.00 Å². The van der Waals surface area contributed by atoms with Gasteiger partial charge in [0.2, 0.25) is 5.91 Å². The van der Waals surface area contributed by atoms with Gasteiger partial charge in [-0.2, -0.15) is 5.26 Å². The van der Waals surface area contributed by atoms with Crippen LogP contribution in [0.5, 0.6) is 0 Å². The Hall–Kier alpha value is -2.30. The van der Waals surface area contributed by atoms with E-state index < -0.39 is 0 Å². The number of anilines is 1. The Morgan fingerprint density at radius 3 is 3.07 bits per heavy atom. The number of fused-ring (bicyclic) bond motifs is 2. The lowest BCUT2D eigenvalue weighted by Gasteiger charge is -2.17. The third-order valence-electron chi connectivity index (χ3n) is 5.14. The molecule has 4 rings (SSSR count). The van der Waals surface area contributed by atoms with Gasteiger partial charge in [0.05, 0.1) is 22.3 Å². The number of para-hydroxylation sites is 2. The van der Waals surface area contributed by atoms with Gasteiger partial charge in [-0.3, -0.25) is 4.79 Å². The Kier molecular flexibility index (Phi) is 5.42. The van der Waals surface area contributed by atoms with Crippen LogP contribution in [0.2, 0.25) is 0 Å². The number of amides is 1. The van der Waals surface area contributed by atoms with Gasteiger partial charge in [0.1, 0.15) is 11.1 Å². The normalized spacial score (nSPS) is 16.0. The third kappa shape index (κ3) is 3.54. The molecule has 7 heteroatoms. The molecule has 1 aliphatic carbocycles. The predicted molar refractivity (Wildman–Crippen MR) is 115 cm³/mol. The SMILES string of the molecule is CCn1c(SCC(=O)Nc2sc3c(c2C#N)CCC(C)C3)nc2ccccc21. The highest BCUT2D eigenvalue weighted by molar-refractivity contribution is 7.99. The molecule has 1 aromatic carbocycles. The Morgan fingerprint density at radius 1 is 1.46 bits per heavy atom. The van der Waals surface area contributed by atoms with Crippen molar-refractivity contribution in [2.75, 3.05) is 11.1 Å². The summed E-state index contributed by atoms with van der Waals surface area (Å²) in [4.78, 5) is 18.5. The highest BCUT2D eigenvalue weighted by Gasteiger charge is 2.24. The standard InChI is InChI=1S/C21H22N4OS2/c1-3-25-17-7-5-4-6-16(17)23-21(25)27-12-19(26)24-20-15(11-22)14-9-8-13(2)10-18(14)28-20/h4-7,13H,3,8-10,12H2,1-2H3,(H,24,26). The minimum absolute atomic E-state index is 0.0946. The number of nitriles is 1. The second kappa shape index (κ2) is 7.98. The first-order valence-corrected chi connectivity index (χ1v) is 11.3. The molecule has 1 aliphatic rings. The first-order chi connectivity index (χ1) is 13.6. The molecule has 2 aromatic heterocycles. The monoisotopic (exact) mass is 410 g/mol. The van der Waals surface area contributed by atoms with Crippen LogP contribution in [0.3, 0.4) is 0 Å². The van der Waals surface area contributed by atoms with Gasteiger partial charge in [-0.15, -0.1) is 11.3 Å². The maximum absolute atomic E-state index is 12.6. The second-order valence-electron chi connectivity index (χ2n) is 7.13. The van der Waals surface area contributed by atoms with E-state index in [0.29, 0.717) is 16.5 Å². The van der Waals surface area contributed by atoms with Crippen molar-refractivity contribution in [1.29, 1.82) is 5.26 Å². The average Bonchev–Trinajstić information content (AvgIpc) is 3.22. The van der Waals surface area contributed by atoms with Gasteiger partial charge in [0, 0.05) is 11.4 Å². The van der Waals surface area contributed by atoms with Crippen LogP contribution in [0, 0.1) is 17.2 Å². The molecule has 0 spiro atoms. The van der Waals surface area contributed by atoms with Crippen LogP contribution in [0.15, 0.2) is 29.4 Å². The van der Waals surface area contributed by atoms with Gasteiger partial charge in [-0.1, -0.05) is 30.8 Å². The average molecular weight is 411 g/mol. The van der Waals surface area contributed by atoms with Crippen molar-refractivity contribution in [3.8, 4) is 6.07 Å². The molecule has 0 radical (unpaired) electrons. The van der Waals surface area contributed by atoms with Crippen molar-refractivity contribution in [3.05, 3.63) is 40.3 Å². The summed E-state index contributed by atoms with van der Waals surface area (Å²) < 4.78 is 2.12. The minimum Gasteiger partial charge on any atom is -0.319 e. The zero-order chi connectivity index (χ0) is 19.7. The number of carbonyl (C=O) groups excluding carboxylic acids is 1. The quantitative estimate of drug-likeness (QED) is 0.611. The van der Waals surface area contributed by atoms with Crippen LogP contribution in [-0.2, 0) is 24.2 Å². The number of nitrogens with one attached hydrogen (secondary N) is 1. The van der Waals surface area contributed by atoms with Crippen LogP contribution in [0.25, 0.3) is 11.0 Å². The summed E-state index contributed by atoms with van der Waals surface area (Å²) in [6.45, 7) is 5.12. The van der Waals surface area contributed by atoms with Gasteiger partial charge in [-0.25, -0.2) is 4.98 Å². The van der Waals surface area contributed by atoms with E-state index in [1.54, 1.807) is 11.3 Å². The zero-order valence-electron chi connectivity index (χ0n) is 16.0. The van der Waals surface area contributed by atoms with Gasteiger partial charge in [-0.05, 0) is 49.8 Å². The lowest BCUT2D eigenvalue weighted by atomic mass is 9.89. The molecule has 28 heavy (non-hydrogen) atoms. The van der Waals surface area contributed by atoms with Crippen LogP contribution in [-0.4, -0.2) is 21.2 Å². The summed E-state index contributed by atoms with van der Waals surface area (Å²) in [5, 5.41) is 14.1. The van der Waals surface area contributed by atoms with Gasteiger partial charge in [0.15, 0.2) is 5.16 Å². The Bertz CT molecular complexity index is 1080. The van der Waals surface area contributed by atoms with E-state index >= 15 is 0 Å². The van der Waals surface area contributed by atoms with Gasteiger partial charge in [0.25, 0.3) is 0 Å². The molecule has 0 aliphatic heterocycles. The fraction of sp³-hybridized carbons (Fsp3) is 0.381. The van der Waals surface area contributed by atoms with E-state index in [1.807, 2.05) is 24.3 Å². The molecule has 0 bridgehead atoms. The number of aryl methyl sites for hydroxylation is 1. The molecule has 3 aromatic rings. The lowest BCUT2D eigenvalue weighted by molar-refractivity contribution is -0.113. The number of aromatic nitrogens is 2. The number of imidazole rings is 1. The molecule has 2 heterocycles. The maximum Gasteiger partial charge on any atom is 0.235 e. The Balaban J connectivity index is 1.48. The first-order valence-electron chi connectivity index (χ1n) is 9.53. The number of hydrogen-bond donors (Lipinski definition) is 1. The predicted octanol–water partition coefficient (Wildman–Crippen LogP) is 4.84. The summed E-state index contributed by atoms with van der Waals surface area (Å²) in [6.07, 6.45) is 3.04. The summed E-state index contributed by atoms with van der Waals surface area (Å²) in [5.41, 5.74) is 3.83. The number of thiophene rings is 1. The van der Waals surface area contributed by atoms with Crippen molar-refractivity contribution in [2.45, 2.75) is 44.8 Å². The fourth-order valence-electron chi connectivity index (χ4n) is 3.72.